The van der Waals surface area contributed by atoms with E-state index in [2.05, 4.69) is 25.5 Å². The Labute approximate surface area is 118 Å². The lowest BCUT2D eigenvalue weighted by atomic mass is 10.3. The number of anilines is 1. The lowest BCUT2D eigenvalue weighted by Crippen LogP contribution is -2.44. The second-order valence-electron chi connectivity index (χ2n) is 4.43. The normalized spacial score (nSPS) is 16.3. The van der Waals surface area contributed by atoms with Crippen LogP contribution in [0.1, 0.15) is 6.42 Å². The average molecular weight is 286 g/mol. The van der Waals surface area contributed by atoms with E-state index >= 15 is 0 Å². The summed E-state index contributed by atoms with van der Waals surface area (Å²) in [5, 5.41) is 7.08. The van der Waals surface area contributed by atoms with Crippen LogP contribution in [0.15, 0.2) is 6.20 Å². The summed E-state index contributed by atoms with van der Waals surface area (Å²) < 4.78 is 4.98. The number of piperazine rings is 1. The molecule has 6 nitrogen and oxygen atoms in total. The van der Waals surface area contributed by atoms with Gasteiger partial charge in [-0.1, -0.05) is 11.6 Å². The first kappa shape index (κ1) is 14.3. The van der Waals surface area contributed by atoms with Crippen LogP contribution >= 0.6 is 11.6 Å². The zero-order valence-corrected chi connectivity index (χ0v) is 11.9. The Hall–Kier alpha value is -1.11. The van der Waals surface area contributed by atoms with Gasteiger partial charge in [0.2, 0.25) is 0 Å². The molecule has 2 rings (SSSR count). The fourth-order valence-electron chi connectivity index (χ4n) is 2.02. The van der Waals surface area contributed by atoms with Crippen molar-refractivity contribution < 1.29 is 4.74 Å². The van der Waals surface area contributed by atoms with Crippen LogP contribution in [0.2, 0.25) is 5.02 Å². The summed E-state index contributed by atoms with van der Waals surface area (Å²) in [5.41, 5.74) is 0. The second kappa shape index (κ2) is 7.47. The van der Waals surface area contributed by atoms with E-state index in [4.69, 9.17) is 16.3 Å². The number of halogens is 1. The molecule has 0 spiro atoms. The van der Waals surface area contributed by atoms with Crippen molar-refractivity contribution in [1.29, 1.82) is 0 Å². The molecule has 0 atom stereocenters. The molecule has 1 aliphatic heterocycles. The maximum atomic E-state index is 6.02. The van der Waals surface area contributed by atoms with Crippen molar-refractivity contribution in [2.75, 3.05) is 51.7 Å². The van der Waals surface area contributed by atoms with Gasteiger partial charge >= 0.3 is 6.01 Å². The molecule has 0 saturated carbocycles. The number of nitrogens with one attached hydrogen (secondary N) is 2. The molecule has 0 bridgehead atoms. The van der Waals surface area contributed by atoms with Crippen LogP contribution in [-0.2, 0) is 0 Å². The summed E-state index contributed by atoms with van der Waals surface area (Å²) in [6, 6.07) is 0.328. The molecule has 0 unspecified atom stereocenters. The third-order valence-electron chi connectivity index (χ3n) is 3.06. The third kappa shape index (κ3) is 4.49. The fourth-order valence-corrected chi connectivity index (χ4v) is 2.18. The van der Waals surface area contributed by atoms with Crippen molar-refractivity contribution in [3.05, 3.63) is 11.2 Å². The molecule has 0 aliphatic carbocycles. The SMILES string of the molecule is COc1ncc(Cl)c(NCCCN2CCNCC2)n1. The van der Waals surface area contributed by atoms with Crippen LogP contribution < -0.4 is 15.4 Å². The van der Waals surface area contributed by atoms with Crippen molar-refractivity contribution >= 4 is 17.4 Å². The van der Waals surface area contributed by atoms with Crippen LogP contribution in [0, 0.1) is 0 Å². The van der Waals surface area contributed by atoms with Gasteiger partial charge in [-0.25, -0.2) is 4.98 Å². The van der Waals surface area contributed by atoms with Crippen molar-refractivity contribution in [3.63, 3.8) is 0 Å². The lowest BCUT2D eigenvalue weighted by Gasteiger charge is -2.27. The average Bonchev–Trinajstić information content (AvgIpc) is 2.46. The van der Waals surface area contributed by atoms with Gasteiger partial charge in [-0.3, -0.25) is 0 Å². The molecule has 1 fully saturated rings. The van der Waals surface area contributed by atoms with Crippen molar-refractivity contribution in [2.24, 2.45) is 0 Å². The third-order valence-corrected chi connectivity index (χ3v) is 3.33. The van der Waals surface area contributed by atoms with Crippen molar-refractivity contribution in [2.45, 2.75) is 6.42 Å². The Morgan fingerprint density at radius 3 is 3.00 bits per heavy atom. The first-order valence-electron chi connectivity index (χ1n) is 6.53. The molecule has 19 heavy (non-hydrogen) atoms. The zero-order chi connectivity index (χ0) is 13.5. The molecule has 1 aliphatic rings. The minimum atomic E-state index is 0.328. The summed E-state index contributed by atoms with van der Waals surface area (Å²) in [6.45, 7) is 6.35. The highest BCUT2D eigenvalue weighted by Crippen LogP contribution is 2.19. The number of nitrogens with zero attached hydrogens (tertiary/aromatic N) is 3. The van der Waals surface area contributed by atoms with Gasteiger partial charge < -0.3 is 20.3 Å². The first-order chi connectivity index (χ1) is 9.29. The largest absolute Gasteiger partial charge is 0.467 e. The van der Waals surface area contributed by atoms with Gasteiger partial charge in [-0.15, -0.1) is 0 Å². The molecule has 1 aromatic heterocycles. The molecule has 0 aromatic carbocycles. The van der Waals surface area contributed by atoms with Crippen LogP contribution in [0.4, 0.5) is 5.82 Å². The van der Waals surface area contributed by atoms with E-state index in [1.807, 2.05) is 0 Å². The Kier molecular flexibility index (Phi) is 5.62. The minimum Gasteiger partial charge on any atom is -0.467 e. The predicted molar refractivity (Wildman–Crippen MR) is 76.0 cm³/mol. The topological polar surface area (TPSA) is 62.3 Å². The molecule has 0 amide bonds. The highest BCUT2D eigenvalue weighted by Gasteiger charge is 2.09. The Bertz CT molecular complexity index is 398. The number of ether oxygens (including phenoxy) is 1. The van der Waals surface area contributed by atoms with E-state index in [0.29, 0.717) is 16.9 Å². The molecule has 0 radical (unpaired) electrons. The quantitative estimate of drug-likeness (QED) is 0.756. The van der Waals surface area contributed by atoms with Gasteiger partial charge in [-0.2, -0.15) is 4.98 Å². The number of methoxy groups -OCH3 is 1. The molecular formula is C12H20ClN5O. The van der Waals surface area contributed by atoms with Crippen LogP contribution in [-0.4, -0.2) is 61.2 Å². The van der Waals surface area contributed by atoms with Gasteiger partial charge in [0.1, 0.15) is 5.02 Å². The molecule has 2 N–H and O–H groups in total. The van der Waals surface area contributed by atoms with E-state index in [-0.39, 0.29) is 0 Å². The highest BCUT2D eigenvalue weighted by molar-refractivity contribution is 6.32. The van der Waals surface area contributed by atoms with Gasteiger partial charge in [-0.05, 0) is 13.0 Å². The van der Waals surface area contributed by atoms with Crippen LogP contribution in [0.25, 0.3) is 0 Å². The molecule has 7 heteroatoms. The van der Waals surface area contributed by atoms with Crippen molar-refractivity contribution in [3.8, 4) is 6.01 Å². The summed E-state index contributed by atoms with van der Waals surface area (Å²) in [7, 11) is 1.54. The van der Waals surface area contributed by atoms with Gasteiger partial charge in [0.15, 0.2) is 5.82 Å². The van der Waals surface area contributed by atoms with E-state index < -0.39 is 0 Å². The Morgan fingerprint density at radius 1 is 1.47 bits per heavy atom. The smallest absolute Gasteiger partial charge is 0.318 e. The van der Waals surface area contributed by atoms with Gasteiger partial charge in [0.25, 0.3) is 0 Å². The first-order valence-corrected chi connectivity index (χ1v) is 6.91. The second-order valence-corrected chi connectivity index (χ2v) is 4.83. The minimum absolute atomic E-state index is 0.328. The van der Waals surface area contributed by atoms with E-state index in [9.17, 15) is 0 Å². The highest BCUT2D eigenvalue weighted by atomic mass is 35.5. The number of hydrogen-bond acceptors (Lipinski definition) is 6. The van der Waals surface area contributed by atoms with E-state index in [1.54, 1.807) is 6.20 Å². The summed E-state index contributed by atoms with van der Waals surface area (Å²) in [6.07, 6.45) is 2.61. The molecule has 1 aromatic rings. The molecule has 1 saturated heterocycles. The molecule has 106 valence electrons. The number of hydrogen-bond donors (Lipinski definition) is 2. The summed E-state index contributed by atoms with van der Waals surface area (Å²) >= 11 is 6.02. The standard InChI is InChI=1S/C12H20ClN5O/c1-19-12-16-9-10(13)11(17-12)15-3-2-6-18-7-4-14-5-8-18/h9,14H,2-8H2,1H3,(H,15,16,17). The fraction of sp³-hybridized carbons (Fsp3) is 0.667. The molecule has 2 heterocycles. The zero-order valence-electron chi connectivity index (χ0n) is 11.2. The monoisotopic (exact) mass is 285 g/mol. The Morgan fingerprint density at radius 2 is 2.26 bits per heavy atom. The summed E-state index contributed by atoms with van der Waals surface area (Å²) in [5.74, 6) is 0.633. The molecular weight excluding hydrogens is 266 g/mol. The van der Waals surface area contributed by atoms with Crippen LogP contribution in [0.3, 0.4) is 0 Å². The van der Waals surface area contributed by atoms with Gasteiger partial charge in [0.05, 0.1) is 13.3 Å². The summed E-state index contributed by atoms with van der Waals surface area (Å²) in [4.78, 5) is 10.6. The number of rotatable bonds is 6. The maximum Gasteiger partial charge on any atom is 0.318 e. The maximum absolute atomic E-state index is 6.02. The van der Waals surface area contributed by atoms with Crippen molar-refractivity contribution in [1.82, 2.24) is 20.2 Å². The van der Waals surface area contributed by atoms with E-state index in [1.165, 1.54) is 7.11 Å². The number of aromatic nitrogens is 2. The van der Waals surface area contributed by atoms with E-state index in [0.717, 1.165) is 45.7 Å². The van der Waals surface area contributed by atoms with Crippen LogP contribution in [0.5, 0.6) is 6.01 Å². The van der Waals surface area contributed by atoms with Gasteiger partial charge in [0, 0.05) is 32.7 Å². The Balaban J connectivity index is 1.72. The lowest BCUT2D eigenvalue weighted by molar-refractivity contribution is 0.240. The predicted octanol–water partition coefficient (Wildman–Crippen LogP) is 0.846.